The number of H-pyrrole nitrogens is 1. The number of esters is 1. The molecule has 1 N–H and O–H groups in total. The van der Waals surface area contributed by atoms with Crippen molar-refractivity contribution in [3.63, 3.8) is 0 Å². The van der Waals surface area contributed by atoms with Gasteiger partial charge in [-0.15, -0.1) is 0 Å². The lowest BCUT2D eigenvalue weighted by molar-refractivity contribution is 0.0601. The summed E-state index contributed by atoms with van der Waals surface area (Å²) in [5.41, 5.74) is 1.18. The monoisotopic (exact) mass is 418 g/mol. The highest BCUT2D eigenvalue weighted by molar-refractivity contribution is 9.10. The van der Waals surface area contributed by atoms with Crippen molar-refractivity contribution in [2.45, 2.75) is 0 Å². The zero-order valence-electron chi connectivity index (χ0n) is 13.0. The van der Waals surface area contributed by atoms with Crippen LogP contribution in [-0.4, -0.2) is 23.0 Å². The number of hydrogen-bond acceptors (Lipinski definition) is 4. The number of fused-ring (bicyclic) bond motifs is 1. The number of carbonyl (C=O) groups is 1. The highest BCUT2D eigenvalue weighted by Gasteiger charge is 2.11. The van der Waals surface area contributed by atoms with Gasteiger partial charge in [0.1, 0.15) is 0 Å². The number of halogens is 2. The lowest BCUT2D eigenvalue weighted by atomic mass is 10.1. The van der Waals surface area contributed by atoms with Gasteiger partial charge in [-0.2, -0.15) is 0 Å². The third-order valence-corrected chi connectivity index (χ3v) is 4.55. The van der Waals surface area contributed by atoms with Crippen molar-refractivity contribution >= 4 is 55.5 Å². The van der Waals surface area contributed by atoms with Crippen molar-refractivity contribution in [1.82, 2.24) is 9.97 Å². The third kappa shape index (κ3) is 3.65. The molecule has 0 spiro atoms. The van der Waals surface area contributed by atoms with Crippen LogP contribution in [0.25, 0.3) is 22.0 Å². The van der Waals surface area contributed by atoms with E-state index in [1.54, 1.807) is 6.08 Å². The second-order valence-corrected chi connectivity index (χ2v) is 6.41. The van der Waals surface area contributed by atoms with E-state index >= 15 is 0 Å². The van der Waals surface area contributed by atoms with Crippen LogP contribution in [-0.2, 0) is 4.74 Å². The van der Waals surface area contributed by atoms with E-state index in [4.69, 9.17) is 11.6 Å². The van der Waals surface area contributed by atoms with Crippen LogP contribution in [0, 0.1) is 0 Å². The number of methoxy groups -OCH3 is 1. The molecule has 0 bridgehead atoms. The summed E-state index contributed by atoms with van der Waals surface area (Å²) in [7, 11) is 1.29. The molecule has 3 rings (SSSR count). The average molecular weight is 420 g/mol. The maximum absolute atomic E-state index is 12.3. The molecular formula is C18H12BrClN2O3. The molecule has 126 valence electrons. The van der Waals surface area contributed by atoms with Crippen LogP contribution in [0.5, 0.6) is 0 Å². The Morgan fingerprint density at radius 1 is 1.28 bits per heavy atom. The van der Waals surface area contributed by atoms with Gasteiger partial charge in [-0.25, -0.2) is 9.78 Å². The number of rotatable bonds is 3. The Morgan fingerprint density at radius 3 is 2.76 bits per heavy atom. The van der Waals surface area contributed by atoms with Crippen LogP contribution in [0.2, 0.25) is 0 Å². The van der Waals surface area contributed by atoms with Gasteiger partial charge in [0.15, 0.2) is 5.82 Å². The van der Waals surface area contributed by atoms with Crippen LogP contribution in [0.1, 0.15) is 21.7 Å². The maximum atomic E-state index is 12.3. The summed E-state index contributed by atoms with van der Waals surface area (Å²) >= 11 is 9.77. The Labute approximate surface area is 156 Å². The molecule has 1 aromatic heterocycles. The van der Waals surface area contributed by atoms with E-state index in [1.807, 2.05) is 24.3 Å². The first-order chi connectivity index (χ1) is 12.0. The molecular weight excluding hydrogens is 408 g/mol. The Hall–Kier alpha value is -2.44. The number of aromatic nitrogens is 2. The SMILES string of the molecule is COC(=O)c1ccc2c(=O)[nH]c(/C(Cl)=C/c3ccccc3Br)nc2c1. The Balaban J connectivity index is 2.12. The molecule has 0 unspecified atom stereocenters. The van der Waals surface area contributed by atoms with Crippen molar-refractivity contribution < 1.29 is 9.53 Å². The standard InChI is InChI=1S/C18H12BrClN2O3/c1-25-18(24)11-6-7-12-15(9-11)21-16(22-17(12)23)14(20)8-10-4-2-3-5-13(10)19/h2-9H,1H3,(H,21,22,23)/b14-8-. The van der Waals surface area contributed by atoms with Crippen molar-refractivity contribution in [2.75, 3.05) is 7.11 Å². The predicted octanol–water partition coefficient (Wildman–Crippen LogP) is 4.21. The van der Waals surface area contributed by atoms with Crippen molar-refractivity contribution in [3.8, 4) is 0 Å². The summed E-state index contributed by atoms with van der Waals surface area (Å²) in [5.74, 6) is -0.280. The Kier molecular flexibility index (Phi) is 5.01. The molecule has 7 heteroatoms. The number of nitrogens with one attached hydrogen (secondary N) is 1. The molecule has 5 nitrogen and oxygen atoms in total. The minimum Gasteiger partial charge on any atom is -0.465 e. The molecule has 25 heavy (non-hydrogen) atoms. The maximum Gasteiger partial charge on any atom is 0.337 e. The molecule has 2 aromatic carbocycles. The molecule has 0 aliphatic rings. The Morgan fingerprint density at radius 2 is 2.04 bits per heavy atom. The lowest BCUT2D eigenvalue weighted by Gasteiger charge is -2.05. The van der Waals surface area contributed by atoms with Gasteiger partial charge >= 0.3 is 5.97 Å². The first-order valence-electron chi connectivity index (χ1n) is 7.24. The molecule has 0 saturated carbocycles. The largest absolute Gasteiger partial charge is 0.465 e. The number of ether oxygens (including phenoxy) is 1. The first kappa shape index (κ1) is 17.4. The molecule has 0 amide bonds. The van der Waals surface area contributed by atoms with Crippen LogP contribution in [0.3, 0.4) is 0 Å². The fourth-order valence-electron chi connectivity index (χ4n) is 2.29. The van der Waals surface area contributed by atoms with E-state index in [0.29, 0.717) is 16.5 Å². The smallest absolute Gasteiger partial charge is 0.337 e. The minimum atomic E-state index is -0.500. The summed E-state index contributed by atoms with van der Waals surface area (Å²) < 4.78 is 5.56. The fraction of sp³-hybridized carbons (Fsp3) is 0.0556. The lowest BCUT2D eigenvalue weighted by Crippen LogP contribution is -2.11. The summed E-state index contributed by atoms with van der Waals surface area (Å²) in [6.07, 6.45) is 1.69. The van der Waals surface area contributed by atoms with Gasteiger partial charge in [0.05, 0.1) is 28.6 Å². The van der Waals surface area contributed by atoms with Gasteiger partial charge in [-0.05, 0) is 35.9 Å². The van der Waals surface area contributed by atoms with E-state index in [-0.39, 0.29) is 16.4 Å². The number of hydrogen-bond donors (Lipinski definition) is 1. The summed E-state index contributed by atoms with van der Waals surface area (Å²) in [6.45, 7) is 0. The van der Waals surface area contributed by atoms with Crippen LogP contribution < -0.4 is 5.56 Å². The van der Waals surface area contributed by atoms with Gasteiger partial charge in [0.2, 0.25) is 0 Å². The van der Waals surface area contributed by atoms with Crippen molar-refractivity contribution in [2.24, 2.45) is 0 Å². The number of benzene rings is 2. The number of aromatic amines is 1. The molecule has 0 radical (unpaired) electrons. The van der Waals surface area contributed by atoms with E-state index in [2.05, 4.69) is 30.6 Å². The highest BCUT2D eigenvalue weighted by Crippen LogP contribution is 2.24. The molecule has 0 fully saturated rings. The van der Waals surface area contributed by atoms with E-state index in [1.165, 1.54) is 25.3 Å². The van der Waals surface area contributed by atoms with Crippen molar-refractivity contribution in [3.05, 3.63) is 74.2 Å². The highest BCUT2D eigenvalue weighted by atomic mass is 79.9. The number of nitrogens with zero attached hydrogens (tertiary/aromatic N) is 1. The predicted molar refractivity (Wildman–Crippen MR) is 102 cm³/mol. The van der Waals surface area contributed by atoms with Crippen LogP contribution in [0.4, 0.5) is 0 Å². The van der Waals surface area contributed by atoms with Gasteiger partial charge in [0, 0.05) is 4.47 Å². The second-order valence-electron chi connectivity index (χ2n) is 5.15. The average Bonchev–Trinajstić information content (AvgIpc) is 2.62. The zero-order chi connectivity index (χ0) is 18.0. The molecule has 0 atom stereocenters. The summed E-state index contributed by atoms with van der Waals surface area (Å²) in [6, 6.07) is 12.1. The molecule has 3 aromatic rings. The molecule has 0 aliphatic heterocycles. The van der Waals surface area contributed by atoms with Gasteiger partial charge in [-0.3, -0.25) is 4.79 Å². The fourth-order valence-corrected chi connectivity index (χ4v) is 2.90. The minimum absolute atomic E-state index is 0.219. The van der Waals surface area contributed by atoms with Gasteiger partial charge < -0.3 is 9.72 Å². The van der Waals surface area contributed by atoms with Crippen molar-refractivity contribution in [1.29, 1.82) is 0 Å². The molecule has 0 saturated heterocycles. The van der Waals surface area contributed by atoms with Gasteiger partial charge in [0.25, 0.3) is 5.56 Å². The number of carbonyl (C=O) groups excluding carboxylic acids is 1. The normalized spacial score (nSPS) is 11.6. The summed E-state index contributed by atoms with van der Waals surface area (Å²) in [5, 5.41) is 0.635. The molecule has 0 aliphatic carbocycles. The zero-order valence-corrected chi connectivity index (χ0v) is 15.4. The topological polar surface area (TPSA) is 72.1 Å². The van der Waals surface area contributed by atoms with Crippen LogP contribution in [0.15, 0.2) is 51.7 Å². The second kappa shape index (κ2) is 7.21. The first-order valence-corrected chi connectivity index (χ1v) is 8.41. The van der Waals surface area contributed by atoms with Crippen LogP contribution >= 0.6 is 27.5 Å². The Bertz CT molecular complexity index is 1060. The van der Waals surface area contributed by atoms with E-state index in [0.717, 1.165) is 10.0 Å². The van der Waals surface area contributed by atoms with E-state index in [9.17, 15) is 9.59 Å². The summed E-state index contributed by atoms with van der Waals surface area (Å²) in [4.78, 5) is 30.9. The molecule has 1 heterocycles. The quantitative estimate of drug-likeness (QED) is 0.646. The van der Waals surface area contributed by atoms with Gasteiger partial charge in [-0.1, -0.05) is 45.7 Å². The van der Waals surface area contributed by atoms with E-state index < -0.39 is 5.97 Å². The third-order valence-electron chi connectivity index (χ3n) is 3.54.